The lowest BCUT2D eigenvalue weighted by molar-refractivity contribution is -0.111. The van der Waals surface area contributed by atoms with E-state index in [0.29, 0.717) is 55.2 Å². The molecule has 1 aliphatic heterocycles. The maximum atomic E-state index is 12.3. The van der Waals surface area contributed by atoms with Gasteiger partial charge in [-0.05, 0) is 26.2 Å². The Morgan fingerprint density at radius 3 is 2.62 bits per heavy atom. The molecular weight excluding hydrogens is 531 g/mol. The molecule has 5 rings (SSSR count). The van der Waals surface area contributed by atoms with E-state index in [1.807, 2.05) is 55.2 Å². The fraction of sp³-hybridized carbons (Fsp3) is 0.267. The standard InChI is InChI=1S/C30H35BN8O3/c1-5-27(40)33-22-17-23(25(41-4)18-24(22)38-13-15-42-16-14-38)34-30-32-12-11-26(35-30)39-29(31)21(19-37(2)3)28(36-39)20-9-7-6-8-10-20/h5-12,17-18H,1,13-16,19,31H2,2-4H3,(H,33,40)(H,32,34,35). The largest absolute Gasteiger partial charge is 0.494 e. The molecule has 0 unspecified atom stereocenters. The molecule has 2 aromatic heterocycles. The summed E-state index contributed by atoms with van der Waals surface area (Å²) in [6.07, 6.45) is 2.93. The smallest absolute Gasteiger partial charge is 0.247 e. The van der Waals surface area contributed by atoms with E-state index in [0.717, 1.165) is 34.6 Å². The Kier molecular flexibility index (Phi) is 8.84. The van der Waals surface area contributed by atoms with Crippen molar-refractivity contribution in [2.24, 2.45) is 0 Å². The molecule has 11 nitrogen and oxygen atoms in total. The predicted molar refractivity (Wildman–Crippen MR) is 168 cm³/mol. The zero-order valence-corrected chi connectivity index (χ0v) is 24.4. The van der Waals surface area contributed by atoms with Gasteiger partial charge in [0, 0.05) is 54.7 Å². The maximum absolute atomic E-state index is 12.3. The summed E-state index contributed by atoms with van der Waals surface area (Å²) in [5, 5.41) is 11.2. The van der Waals surface area contributed by atoms with E-state index in [-0.39, 0.29) is 5.91 Å². The summed E-state index contributed by atoms with van der Waals surface area (Å²) in [4.78, 5) is 25.9. The molecule has 42 heavy (non-hydrogen) atoms. The molecule has 2 aromatic carbocycles. The molecule has 0 bridgehead atoms. The number of nitrogens with zero attached hydrogens (tertiary/aromatic N) is 6. The number of nitrogens with one attached hydrogen (secondary N) is 2. The summed E-state index contributed by atoms with van der Waals surface area (Å²) >= 11 is 0. The first kappa shape index (κ1) is 28.8. The molecule has 1 saturated heterocycles. The summed E-state index contributed by atoms with van der Waals surface area (Å²) in [5.41, 5.74) is 6.13. The second kappa shape index (κ2) is 12.9. The van der Waals surface area contributed by atoms with Crippen molar-refractivity contribution >= 4 is 42.4 Å². The van der Waals surface area contributed by atoms with Crippen molar-refractivity contribution in [3.63, 3.8) is 0 Å². The van der Waals surface area contributed by atoms with Crippen LogP contribution in [0.3, 0.4) is 0 Å². The van der Waals surface area contributed by atoms with Gasteiger partial charge in [0.15, 0.2) is 13.7 Å². The van der Waals surface area contributed by atoms with Crippen LogP contribution in [0.15, 0.2) is 67.4 Å². The van der Waals surface area contributed by atoms with Crippen LogP contribution in [0.2, 0.25) is 0 Å². The van der Waals surface area contributed by atoms with Crippen molar-refractivity contribution in [2.75, 3.05) is 63.0 Å². The van der Waals surface area contributed by atoms with Crippen LogP contribution in [0.25, 0.3) is 17.1 Å². The van der Waals surface area contributed by atoms with Gasteiger partial charge < -0.3 is 29.9 Å². The molecule has 2 N–H and O–H groups in total. The highest BCUT2D eigenvalue weighted by Crippen LogP contribution is 2.38. The molecule has 4 aromatic rings. The number of amides is 1. The number of morpholine rings is 1. The average Bonchev–Trinajstić information content (AvgIpc) is 3.33. The topological polar surface area (TPSA) is 110 Å². The highest BCUT2D eigenvalue weighted by molar-refractivity contribution is 6.32. The van der Waals surface area contributed by atoms with Gasteiger partial charge in [0.05, 0.1) is 43.1 Å². The number of rotatable bonds is 10. The van der Waals surface area contributed by atoms with Crippen LogP contribution in [-0.4, -0.2) is 85.9 Å². The van der Waals surface area contributed by atoms with Gasteiger partial charge in [-0.25, -0.2) is 9.67 Å². The summed E-state index contributed by atoms with van der Waals surface area (Å²) in [6, 6.07) is 15.7. The van der Waals surface area contributed by atoms with Crippen LogP contribution in [0.5, 0.6) is 5.75 Å². The maximum Gasteiger partial charge on any atom is 0.247 e. The van der Waals surface area contributed by atoms with Crippen molar-refractivity contribution in [2.45, 2.75) is 6.54 Å². The Morgan fingerprint density at radius 1 is 1.17 bits per heavy atom. The Labute approximate surface area is 246 Å². The fourth-order valence-electron chi connectivity index (χ4n) is 4.92. The number of carbonyl (C=O) groups excluding carboxylic acids is 1. The van der Waals surface area contributed by atoms with E-state index in [1.54, 1.807) is 13.3 Å². The Balaban J connectivity index is 1.52. The lowest BCUT2D eigenvalue weighted by atomic mass is 9.95. The molecule has 0 atom stereocenters. The minimum absolute atomic E-state index is 0.309. The predicted octanol–water partition coefficient (Wildman–Crippen LogP) is 2.36. The van der Waals surface area contributed by atoms with E-state index in [1.165, 1.54) is 6.08 Å². The molecule has 0 radical (unpaired) electrons. The zero-order chi connectivity index (χ0) is 29.6. The monoisotopic (exact) mass is 566 g/mol. The van der Waals surface area contributed by atoms with Crippen LogP contribution < -0.4 is 25.9 Å². The van der Waals surface area contributed by atoms with E-state index >= 15 is 0 Å². The quantitative estimate of drug-likeness (QED) is 0.221. The fourth-order valence-corrected chi connectivity index (χ4v) is 4.92. The van der Waals surface area contributed by atoms with Gasteiger partial charge in [0.2, 0.25) is 11.9 Å². The SMILES string of the molecule is Bc1c(CN(C)C)c(-c2ccccc2)nn1-c1ccnc(Nc2cc(NC(=O)C=C)c(N3CCOCC3)cc2OC)n1. The van der Waals surface area contributed by atoms with Crippen molar-refractivity contribution in [3.05, 3.63) is 72.9 Å². The Morgan fingerprint density at radius 2 is 1.93 bits per heavy atom. The van der Waals surface area contributed by atoms with Crippen LogP contribution in [0, 0.1) is 0 Å². The van der Waals surface area contributed by atoms with Gasteiger partial charge in [-0.3, -0.25) is 4.79 Å². The molecule has 12 heteroatoms. The van der Waals surface area contributed by atoms with Crippen LogP contribution in [0.1, 0.15) is 5.56 Å². The molecule has 3 heterocycles. The lowest BCUT2D eigenvalue weighted by Crippen LogP contribution is -2.36. The average molecular weight is 566 g/mol. The summed E-state index contributed by atoms with van der Waals surface area (Å²) in [5.74, 6) is 1.25. The zero-order valence-electron chi connectivity index (χ0n) is 24.4. The van der Waals surface area contributed by atoms with Crippen LogP contribution >= 0.6 is 0 Å². The molecular formula is C30H35BN8O3. The third kappa shape index (κ3) is 6.29. The lowest BCUT2D eigenvalue weighted by Gasteiger charge is -2.31. The number of anilines is 4. The molecule has 216 valence electrons. The third-order valence-corrected chi connectivity index (χ3v) is 6.98. The molecule has 0 spiro atoms. The van der Waals surface area contributed by atoms with Crippen molar-refractivity contribution in [3.8, 4) is 22.8 Å². The first-order valence-electron chi connectivity index (χ1n) is 13.7. The number of aromatic nitrogens is 4. The van der Waals surface area contributed by atoms with Gasteiger partial charge in [-0.2, -0.15) is 10.1 Å². The Hall–Kier alpha value is -4.68. The summed E-state index contributed by atoms with van der Waals surface area (Å²) in [6.45, 7) is 6.93. The first-order valence-corrected chi connectivity index (χ1v) is 13.7. The number of hydrogen-bond acceptors (Lipinski definition) is 9. The van der Waals surface area contributed by atoms with Crippen molar-refractivity contribution in [1.82, 2.24) is 24.6 Å². The first-order chi connectivity index (χ1) is 20.4. The second-order valence-electron chi connectivity index (χ2n) is 10.2. The third-order valence-electron chi connectivity index (χ3n) is 6.98. The van der Waals surface area contributed by atoms with Gasteiger partial charge >= 0.3 is 0 Å². The number of hydrogen-bond donors (Lipinski definition) is 2. The van der Waals surface area contributed by atoms with E-state index in [2.05, 4.69) is 52.0 Å². The van der Waals surface area contributed by atoms with E-state index in [9.17, 15) is 4.79 Å². The summed E-state index contributed by atoms with van der Waals surface area (Å²) < 4.78 is 13.1. The minimum atomic E-state index is -0.309. The van der Waals surface area contributed by atoms with E-state index in [4.69, 9.17) is 19.6 Å². The van der Waals surface area contributed by atoms with Gasteiger partial charge in [0.25, 0.3) is 0 Å². The van der Waals surface area contributed by atoms with Gasteiger partial charge in [-0.15, -0.1) is 0 Å². The van der Waals surface area contributed by atoms with E-state index < -0.39 is 0 Å². The summed E-state index contributed by atoms with van der Waals surface area (Å²) in [7, 11) is 7.74. The number of carbonyl (C=O) groups is 1. The highest BCUT2D eigenvalue weighted by atomic mass is 16.5. The molecule has 1 aliphatic rings. The van der Waals surface area contributed by atoms with Gasteiger partial charge in [0.1, 0.15) is 5.75 Å². The number of methoxy groups -OCH3 is 1. The Bertz CT molecular complexity index is 1570. The van der Waals surface area contributed by atoms with Crippen LogP contribution in [-0.2, 0) is 16.1 Å². The molecule has 0 aliphatic carbocycles. The highest BCUT2D eigenvalue weighted by Gasteiger charge is 2.21. The van der Waals surface area contributed by atoms with Crippen molar-refractivity contribution < 1.29 is 14.3 Å². The second-order valence-corrected chi connectivity index (χ2v) is 10.2. The minimum Gasteiger partial charge on any atom is -0.494 e. The van der Waals surface area contributed by atoms with Crippen LogP contribution in [0.4, 0.5) is 23.0 Å². The molecule has 0 saturated carbocycles. The normalized spacial score (nSPS) is 13.2. The van der Waals surface area contributed by atoms with Crippen molar-refractivity contribution in [1.29, 1.82) is 0 Å². The number of ether oxygens (including phenoxy) is 2. The molecule has 1 amide bonds. The number of benzene rings is 2. The molecule has 1 fully saturated rings. The van der Waals surface area contributed by atoms with Gasteiger partial charge in [-0.1, -0.05) is 36.9 Å².